The van der Waals surface area contributed by atoms with Crippen molar-refractivity contribution in [2.45, 2.75) is 52.5 Å². The molecule has 0 aromatic carbocycles. The third-order valence-electron chi connectivity index (χ3n) is 3.06. The lowest BCUT2D eigenvalue weighted by Gasteiger charge is -2.24. The van der Waals surface area contributed by atoms with Crippen molar-refractivity contribution in [3.63, 3.8) is 0 Å². The molecular weight excluding hydrogens is 198 g/mol. The van der Waals surface area contributed by atoms with Crippen molar-refractivity contribution in [3.05, 3.63) is 18.2 Å². The summed E-state index contributed by atoms with van der Waals surface area (Å²) in [5, 5.41) is 3.63. The first-order valence-electron chi connectivity index (χ1n) is 6.49. The molecule has 3 nitrogen and oxygen atoms in total. The number of hydrogen-bond acceptors (Lipinski definition) is 2. The van der Waals surface area contributed by atoms with E-state index in [4.69, 9.17) is 0 Å². The zero-order chi connectivity index (χ0) is 11.8. The van der Waals surface area contributed by atoms with E-state index in [-0.39, 0.29) is 0 Å². The number of nitrogens with zero attached hydrogens (tertiary/aromatic N) is 1. The monoisotopic (exact) mass is 223 g/mol. The number of aromatic nitrogens is 2. The van der Waals surface area contributed by atoms with Gasteiger partial charge in [-0.15, -0.1) is 0 Å². The summed E-state index contributed by atoms with van der Waals surface area (Å²) in [4.78, 5) is 7.50. The van der Waals surface area contributed by atoms with Gasteiger partial charge in [-0.05, 0) is 25.3 Å². The number of rotatable bonds is 8. The Morgan fingerprint density at radius 3 is 2.75 bits per heavy atom. The van der Waals surface area contributed by atoms with E-state index in [1.54, 1.807) is 0 Å². The number of aromatic amines is 1. The standard InChI is InChI=1S/C13H25N3/c1-4-6-11(3)12(14-7-5-2)10-13-15-8-9-16-13/h8-9,11-12,14H,4-7,10H2,1-3H3,(H,15,16). The molecule has 0 fully saturated rings. The van der Waals surface area contributed by atoms with Gasteiger partial charge in [0.2, 0.25) is 0 Å². The van der Waals surface area contributed by atoms with Crippen LogP contribution in [0.3, 0.4) is 0 Å². The minimum Gasteiger partial charge on any atom is -0.349 e. The fourth-order valence-electron chi connectivity index (χ4n) is 2.08. The van der Waals surface area contributed by atoms with E-state index in [9.17, 15) is 0 Å². The summed E-state index contributed by atoms with van der Waals surface area (Å²) < 4.78 is 0. The molecule has 0 radical (unpaired) electrons. The molecular formula is C13H25N3. The van der Waals surface area contributed by atoms with Crippen LogP contribution in [0.25, 0.3) is 0 Å². The van der Waals surface area contributed by atoms with Gasteiger partial charge in [0.05, 0.1) is 0 Å². The number of hydrogen-bond donors (Lipinski definition) is 2. The van der Waals surface area contributed by atoms with Crippen molar-refractivity contribution in [1.29, 1.82) is 0 Å². The van der Waals surface area contributed by atoms with Crippen LogP contribution >= 0.6 is 0 Å². The molecule has 0 spiro atoms. The normalized spacial score (nSPS) is 14.9. The minimum absolute atomic E-state index is 0.547. The SMILES string of the molecule is CCCNC(Cc1ncc[nH]1)C(C)CCC. The molecule has 0 saturated carbocycles. The van der Waals surface area contributed by atoms with Crippen LogP contribution in [0.15, 0.2) is 12.4 Å². The highest BCUT2D eigenvalue weighted by Crippen LogP contribution is 2.13. The first kappa shape index (κ1) is 13.2. The van der Waals surface area contributed by atoms with Gasteiger partial charge in [0.1, 0.15) is 5.82 Å². The maximum absolute atomic E-state index is 4.31. The largest absolute Gasteiger partial charge is 0.349 e. The molecule has 1 heterocycles. The Hall–Kier alpha value is -0.830. The second-order valence-corrected chi connectivity index (χ2v) is 4.57. The molecule has 0 amide bonds. The van der Waals surface area contributed by atoms with Gasteiger partial charge in [-0.25, -0.2) is 4.98 Å². The molecule has 2 unspecified atom stereocenters. The summed E-state index contributed by atoms with van der Waals surface area (Å²) in [6.07, 6.45) is 8.46. The van der Waals surface area contributed by atoms with Crippen LogP contribution in [-0.2, 0) is 6.42 Å². The van der Waals surface area contributed by atoms with Gasteiger partial charge in [0.15, 0.2) is 0 Å². The molecule has 0 aliphatic carbocycles. The van der Waals surface area contributed by atoms with E-state index in [2.05, 4.69) is 36.1 Å². The summed E-state index contributed by atoms with van der Waals surface area (Å²) in [5.41, 5.74) is 0. The van der Waals surface area contributed by atoms with Crippen molar-refractivity contribution in [2.75, 3.05) is 6.54 Å². The Bertz CT molecular complexity index is 256. The predicted molar refractivity (Wildman–Crippen MR) is 68.4 cm³/mol. The van der Waals surface area contributed by atoms with Gasteiger partial charge < -0.3 is 10.3 Å². The molecule has 2 atom stereocenters. The van der Waals surface area contributed by atoms with Crippen LogP contribution in [0.4, 0.5) is 0 Å². The average Bonchev–Trinajstić information content (AvgIpc) is 2.77. The Balaban J connectivity index is 2.49. The van der Waals surface area contributed by atoms with E-state index in [1.807, 2.05) is 12.4 Å². The third-order valence-corrected chi connectivity index (χ3v) is 3.06. The van der Waals surface area contributed by atoms with Crippen molar-refractivity contribution in [3.8, 4) is 0 Å². The Kier molecular flexibility index (Phi) is 6.16. The third kappa shape index (κ3) is 4.35. The first-order chi connectivity index (χ1) is 7.77. The average molecular weight is 223 g/mol. The molecule has 0 bridgehead atoms. The zero-order valence-corrected chi connectivity index (χ0v) is 10.8. The molecule has 16 heavy (non-hydrogen) atoms. The smallest absolute Gasteiger partial charge is 0.107 e. The summed E-state index contributed by atoms with van der Waals surface area (Å²) in [6.45, 7) is 7.89. The summed E-state index contributed by atoms with van der Waals surface area (Å²) in [6, 6.07) is 0.547. The Morgan fingerprint density at radius 1 is 1.38 bits per heavy atom. The Labute approximate surface area is 99.1 Å². The van der Waals surface area contributed by atoms with Crippen molar-refractivity contribution in [1.82, 2.24) is 15.3 Å². The van der Waals surface area contributed by atoms with Gasteiger partial charge in [-0.3, -0.25) is 0 Å². The van der Waals surface area contributed by atoms with Crippen LogP contribution < -0.4 is 5.32 Å². The summed E-state index contributed by atoms with van der Waals surface area (Å²) >= 11 is 0. The van der Waals surface area contributed by atoms with Crippen LogP contribution in [0.1, 0.15) is 45.9 Å². The molecule has 92 valence electrons. The van der Waals surface area contributed by atoms with E-state index >= 15 is 0 Å². The second-order valence-electron chi connectivity index (χ2n) is 4.57. The van der Waals surface area contributed by atoms with E-state index < -0.39 is 0 Å². The maximum atomic E-state index is 4.31. The lowest BCUT2D eigenvalue weighted by atomic mass is 9.94. The van der Waals surface area contributed by atoms with E-state index in [0.717, 1.165) is 18.8 Å². The van der Waals surface area contributed by atoms with Crippen molar-refractivity contribution < 1.29 is 0 Å². The zero-order valence-electron chi connectivity index (χ0n) is 10.8. The van der Waals surface area contributed by atoms with E-state index in [0.29, 0.717) is 12.0 Å². The van der Waals surface area contributed by atoms with Crippen LogP contribution in [0.2, 0.25) is 0 Å². The maximum Gasteiger partial charge on any atom is 0.107 e. The second kappa shape index (κ2) is 7.44. The lowest BCUT2D eigenvalue weighted by molar-refractivity contribution is 0.348. The fourth-order valence-corrected chi connectivity index (χ4v) is 2.08. The topological polar surface area (TPSA) is 40.7 Å². The van der Waals surface area contributed by atoms with Gasteiger partial charge in [-0.2, -0.15) is 0 Å². The van der Waals surface area contributed by atoms with Crippen molar-refractivity contribution in [2.24, 2.45) is 5.92 Å². The highest BCUT2D eigenvalue weighted by molar-refractivity contribution is 4.92. The van der Waals surface area contributed by atoms with Crippen LogP contribution in [0.5, 0.6) is 0 Å². The highest BCUT2D eigenvalue weighted by Gasteiger charge is 2.17. The fraction of sp³-hybridized carbons (Fsp3) is 0.769. The summed E-state index contributed by atoms with van der Waals surface area (Å²) in [7, 11) is 0. The minimum atomic E-state index is 0.547. The molecule has 0 saturated heterocycles. The number of H-pyrrole nitrogens is 1. The lowest BCUT2D eigenvalue weighted by Crippen LogP contribution is -2.37. The molecule has 0 aliphatic rings. The number of nitrogens with one attached hydrogen (secondary N) is 2. The van der Waals surface area contributed by atoms with Gasteiger partial charge in [-0.1, -0.05) is 27.2 Å². The van der Waals surface area contributed by atoms with Crippen LogP contribution in [-0.4, -0.2) is 22.6 Å². The van der Waals surface area contributed by atoms with E-state index in [1.165, 1.54) is 19.3 Å². The molecule has 1 aromatic rings. The molecule has 1 aromatic heterocycles. The van der Waals surface area contributed by atoms with Gasteiger partial charge in [0.25, 0.3) is 0 Å². The predicted octanol–water partition coefficient (Wildman–Crippen LogP) is 2.76. The first-order valence-corrected chi connectivity index (χ1v) is 6.49. The van der Waals surface area contributed by atoms with Crippen LogP contribution in [0, 0.1) is 5.92 Å². The summed E-state index contributed by atoms with van der Waals surface area (Å²) in [5.74, 6) is 1.80. The molecule has 0 aliphatic heterocycles. The van der Waals surface area contributed by atoms with Crippen molar-refractivity contribution >= 4 is 0 Å². The Morgan fingerprint density at radius 2 is 2.19 bits per heavy atom. The molecule has 3 heteroatoms. The number of imidazole rings is 1. The molecule has 2 N–H and O–H groups in total. The quantitative estimate of drug-likeness (QED) is 0.711. The molecule has 1 rings (SSSR count). The van der Waals surface area contributed by atoms with Gasteiger partial charge in [0, 0.05) is 24.9 Å². The highest BCUT2D eigenvalue weighted by atomic mass is 14.9. The van der Waals surface area contributed by atoms with Gasteiger partial charge >= 0.3 is 0 Å².